The van der Waals surface area contributed by atoms with Crippen LogP contribution in [0.15, 0.2) is 0 Å². The van der Waals surface area contributed by atoms with Crippen molar-refractivity contribution in [2.45, 2.75) is 45.8 Å². The van der Waals surface area contributed by atoms with Crippen molar-refractivity contribution in [1.29, 1.82) is 0 Å². The zero-order valence-corrected chi connectivity index (χ0v) is 11.8. The predicted molar refractivity (Wildman–Crippen MR) is 67.7 cm³/mol. The van der Waals surface area contributed by atoms with Gasteiger partial charge in [-0.05, 0) is 18.3 Å². The van der Waals surface area contributed by atoms with Crippen LogP contribution in [0.4, 0.5) is 13.2 Å². The number of rotatable bonds is 4. The van der Waals surface area contributed by atoms with E-state index in [-0.39, 0.29) is 23.8 Å². The molecule has 0 aromatic heterocycles. The lowest BCUT2D eigenvalue weighted by Crippen LogP contribution is -2.52. The number of nitrogens with zero attached hydrogens (tertiary/aromatic N) is 1. The van der Waals surface area contributed by atoms with Crippen molar-refractivity contribution in [1.82, 2.24) is 10.2 Å². The Bertz CT molecular complexity index is 305. The topological polar surface area (TPSA) is 32.3 Å². The monoisotopic (exact) mass is 280 g/mol. The van der Waals surface area contributed by atoms with Gasteiger partial charge >= 0.3 is 6.18 Å². The zero-order valence-electron chi connectivity index (χ0n) is 11.8. The summed E-state index contributed by atoms with van der Waals surface area (Å²) in [6.07, 6.45) is -3.06. The number of hydrogen-bond acceptors (Lipinski definition) is 2. The molecule has 3 nitrogen and oxygen atoms in total. The fraction of sp³-hybridized carbons (Fsp3) is 0.923. The standard InChI is InChI=1S/C13H23F3N2O/c1-9(2)4-12(19)18-6-10(3)5-11(7-18)17-8-13(14,15)16/h9-11,17H,4-8H2,1-3H3. The molecule has 0 aromatic rings. The van der Waals surface area contributed by atoms with Gasteiger partial charge in [-0.25, -0.2) is 0 Å². The maximum atomic E-state index is 12.2. The number of carbonyl (C=O) groups is 1. The first-order chi connectivity index (χ1) is 8.67. The largest absolute Gasteiger partial charge is 0.401 e. The molecule has 2 unspecified atom stereocenters. The highest BCUT2D eigenvalue weighted by Gasteiger charge is 2.32. The van der Waals surface area contributed by atoms with Crippen molar-refractivity contribution in [3.05, 3.63) is 0 Å². The molecule has 1 saturated heterocycles. The molecule has 19 heavy (non-hydrogen) atoms. The maximum absolute atomic E-state index is 12.2. The first-order valence-electron chi connectivity index (χ1n) is 6.75. The van der Waals surface area contributed by atoms with E-state index in [1.54, 1.807) is 4.90 Å². The van der Waals surface area contributed by atoms with Gasteiger partial charge < -0.3 is 10.2 Å². The molecular weight excluding hydrogens is 257 g/mol. The molecule has 1 amide bonds. The van der Waals surface area contributed by atoms with Crippen molar-refractivity contribution in [3.8, 4) is 0 Å². The molecule has 1 rings (SSSR count). The average molecular weight is 280 g/mol. The van der Waals surface area contributed by atoms with Gasteiger partial charge in [-0.15, -0.1) is 0 Å². The number of piperidine rings is 1. The van der Waals surface area contributed by atoms with Gasteiger partial charge in [0, 0.05) is 25.6 Å². The molecule has 0 spiro atoms. The summed E-state index contributed by atoms with van der Waals surface area (Å²) in [4.78, 5) is 13.7. The summed E-state index contributed by atoms with van der Waals surface area (Å²) in [5, 5.41) is 2.51. The van der Waals surface area contributed by atoms with Crippen molar-refractivity contribution in [2.24, 2.45) is 11.8 Å². The lowest BCUT2D eigenvalue weighted by Gasteiger charge is -2.37. The second-order valence-corrected chi connectivity index (χ2v) is 5.93. The van der Waals surface area contributed by atoms with Crippen LogP contribution in [0, 0.1) is 11.8 Å². The highest BCUT2D eigenvalue weighted by atomic mass is 19.4. The van der Waals surface area contributed by atoms with E-state index < -0.39 is 12.7 Å². The molecule has 0 aromatic carbocycles. The van der Waals surface area contributed by atoms with Crippen LogP contribution in [-0.4, -0.2) is 42.7 Å². The summed E-state index contributed by atoms with van der Waals surface area (Å²) in [5.41, 5.74) is 0. The maximum Gasteiger partial charge on any atom is 0.401 e. The molecule has 0 bridgehead atoms. The van der Waals surface area contributed by atoms with Gasteiger partial charge in [0.2, 0.25) is 5.91 Å². The minimum absolute atomic E-state index is 0.0420. The first-order valence-corrected chi connectivity index (χ1v) is 6.75. The smallest absolute Gasteiger partial charge is 0.341 e. The van der Waals surface area contributed by atoms with Crippen LogP contribution in [0.2, 0.25) is 0 Å². The fourth-order valence-electron chi connectivity index (χ4n) is 2.44. The Labute approximate surface area is 112 Å². The Kier molecular flexibility index (Phi) is 5.64. The molecule has 6 heteroatoms. The summed E-state index contributed by atoms with van der Waals surface area (Å²) < 4.78 is 36.6. The fourth-order valence-corrected chi connectivity index (χ4v) is 2.44. The van der Waals surface area contributed by atoms with E-state index in [9.17, 15) is 18.0 Å². The van der Waals surface area contributed by atoms with Crippen molar-refractivity contribution >= 4 is 5.91 Å². The van der Waals surface area contributed by atoms with E-state index in [2.05, 4.69) is 5.32 Å². The second-order valence-electron chi connectivity index (χ2n) is 5.93. The third-order valence-electron chi connectivity index (χ3n) is 3.19. The molecular formula is C13H23F3N2O. The third-order valence-corrected chi connectivity index (χ3v) is 3.19. The molecule has 0 radical (unpaired) electrons. The van der Waals surface area contributed by atoms with Crippen LogP contribution in [0.3, 0.4) is 0 Å². The summed E-state index contributed by atoms with van der Waals surface area (Å²) in [6.45, 7) is 5.94. The number of halogens is 3. The third kappa shape index (κ3) is 6.27. The predicted octanol–water partition coefficient (Wildman–Crippen LogP) is 2.42. The van der Waals surface area contributed by atoms with Crippen LogP contribution in [0.25, 0.3) is 0 Å². The number of amides is 1. The number of nitrogens with one attached hydrogen (secondary N) is 1. The van der Waals surface area contributed by atoms with Crippen molar-refractivity contribution in [2.75, 3.05) is 19.6 Å². The molecule has 2 atom stereocenters. The van der Waals surface area contributed by atoms with Gasteiger partial charge in [-0.1, -0.05) is 20.8 Å². The summed E-state index contributed by atoms with van der Waals surface area (Å²) >= 11 is 0. The van der Waals surface area contributed by atoms with Crippen LogP contribution in [0.1, 0.15) is 33.6 Å². The quantitative estimate of drug-likeness (QED) is 0.857. The number of likely N-dealkylation sites (tertiary alicyclic amines) is 1. The molecule has 0 aliphatic carbocycles. The SMILES string of the molecule is CC(C)CC(=O)N1CC(C)CC(NCC(F)(F)F)C1. The normalized spacial score (nSPS) is 24.9. The van der Waals surface area contributed by atoms with E-state index in [0.717, 1.165) is 0 Å². The van der Waals surface area contributed by atoms with Gasteiger partial charge in [-0.2, -0.15) is 13.2 Å². The van der Waals surface area contributed by atoms with Crippen LogP contribution >= 0.6 is 0 Å². The molecule has 1 N–H and O–H groups in total. The number of hydrogen-bond donors (Lipinski definition) is 1. The van der Waals surface area contributed by atoms with Gasteiger partial charge in [0.05, 0.1) is 6.54 Å². The van der Waals surface area contributed by atoms with E-state index in [0.29, 0.717) is 25.9 Å². The van der Waals surface area contributed by atoms with Gasteiger partial charge in [0.1, 0.15) is 0 Å². The summed E-state index contributed by atoms with van der Waals surface area (Å²) in [6, 6.07) is -0.263. The number of alkyl halides is 3. The summed E-state index contributed by atoms with van der Waals surface area (Å²) in [7, 11) is 0. The zero-order chi connectivity index (χ0) is 14.6. The minimum atomic E-state index is -4.20. The summed E-state index contributed by atoms with van der Waals surface area (Å²) in [5.74, 6) is 0.544. The lowest BCUT2D eigenvalue weighted by atomic mass is 9.95. The Hall–Kier alpha value is -0.780. The number of carbonyl (C=O) groups excluding carboxylic acids is 1. The lowest BCUT2D eigenvalue weighted by molar-refractivity contribution is -0.135. The van der Waals surface area contributed by atoms with E-state index in [1.165, 1.54) is 0 Å². The van der Waals surface area contributed by atoms with Gasteiger partial charge in [0.15, 0.2) is 0 Å². The molecule has 0 saturated carbocycles. The minimum Gasteiger partial charge on any atom is -0.341 e. The van der Waals surface area contributed by atoms with E-state index >= 15 is 0 Å². The first kappa shape index (κ1) is 16.3. The van der Waals surface area contributed by atoms with Gasteiger partial charge in [0.25, 0.3) is 0 Å². The molecule has 112 valence electrons. The highest BCUT2D eigenvalue weighted by Crippen LogP contribution is 2.20. The van der Waals surface area contributed by atoms with Crippen molar-refractivity contribution in [3.63, 3.8) is 0 Å². The molecule has 1 aliphatic heterocycles. The Balaban J connectivity index is 2.50. The Morgan fingerprint density at radius 1 is 1.37 bits per heavy atom. The van der Waals surface area contributed by atoms with E-state index in [4.69, 9.17) is 0 Å². The molecule has 1 aliphatic rings. The Morgan fingerprint density at radius 2 is 2.00 bits per heavy atom. The van der Waals surface area contributed by atoms with Crippen molar-refractivity contribution < 1.29 is 18.0 Å². The highest BCUT2D eigenvalue weighted by molar-refractivity contribution is 5.76. The molecule has 1 fully saturated rings. The van der Waals surface area contributed by atoms with Gasteiger partial charge in [-0.3, -0.25) is 4.79 Å². The second kappa shape index (κ2) is 6.59. The van der Waals surface area contributed by atoms with Crippen LogP contribution in [0.5, 0.6) is 0 Å². The van der Waals surface area contributed by atoms with Crippen LogP contribution in [-0.2, 0) is 4.79 Å². The van der Waals surface area contributed by atoms with Crippen LogP contribution < -0.4 is 5.32 Å². The Morgan fingerprint density at radius 3 is 2.53 bits per heavy atom. The molecule has 1 heterocycles. The van der Waals surface area contributed by atoms with E-state index in [1.807, 2.05) is 20.8 Å². The average Bonchev–Trinajstić information content (AvgIpc) is 2.23.